The van der Waals surface area contributed by atoms with Crippen molar-refractivity contribution in [3.63, 3.8) is 0 Å². The molecule has 3 N–H and O–H groups in total. The molecule has 0 radical (unpaired) electrons. The lowest BCUT2D eigenvalue weighted by molar-refractivity contribution is 1.07. The van der Waals surface area contributed by atoms with Gasteiger partial charge < -0.3 is 0 Å². The van der Waals surface area contributed by atoms with Crippen LogP contribution in [0.2, 0.25) is 5.02 Å². The molecule has 2 rings (SSSR count). The zero-order valence-corrected chi connectivity index (χ0v) is 9.64. The quantitative estimate of drug-likeness (QED) is 0.447. The van der Waals surface area contributed by atoms with Crippen molar-refractivity contribution in [1.82, 2.24) is 15.2 Å². The summed E-state index contributed by atoms with van der Waals surface area (Å²) in [5.74, 6) is 0.452. The van der Waals surface area contributed by atoms with Gasteiger partial charge in [-0.2, -0.15) is 10.1 Å². The van der Waals surface area contributed by atoms with E-state index in [1.54, 1.807) is 12.3 Å². The van der Waals surface area contributed by atoms with Gasteiger partial charge in [0.1, 0.15) is 0 Å². The Hall–Kier alpha value is -1.66. The number of hydrogen-bond donors (Lipinski definition) is 3. The molecule has 0 bridgehead atoms. The lowest BCUT2D eigenvalue weighted by Gasteiger charge is -1.96. The van der Waals surface area contributed by atoms with Gasteiger partial charge in [-0.25, -0.2) is 5.43 Å². The fourth-order valence-electron chi connectivity index (χ4n) is 1.07. The van der Waals surface area contributed by atoms with Crippen molar-refractivity contribution < 1.29 is 0 Å². The van der Waals surface area contributed by atoms with Crippen LogP contribution in [0.1, 0.15) is 5.56 Å². The Bertz CT molecular complexity index is 559. The third kappa shape index (κ3) is 2.68. The van der Waals surface area contributed by atoms with Gasteiger partial charge in [-0.05, 0) is 18.3 Å². The maximum absolute atomic E-state index is 5.94. The van der Waals surface area contributed by atoms with Gasteiger partial charge in [-0.15, -0.1) is 0 Å². The molecule has 0 saturated heterocycles. The monoisotopic (exact) mass is 253 g/mol. The third-order valence-corrected chi connectivity index (χ3v) is 2.32. The number of halogens is 1. The highest BCUT2D eigenvalue weighted by atomic mass is 35.5. The predicted molar refractivity (Wildman–Crippen MR) is 66.4 cm³/mol. The lowest BCUT2D eigenvalue weighted by Crippen LogP contribution is -1.92. The molecule has 7 heteroatoms. The van der Waals surface area contributed by atoms with Crippen LogP contribution in [0.15, 0.2) is 29.4 Å². The van der Waals surface area contributed by atoms with E-state index in [0.29, 0.717) is 15.7 Å². The summed E-state index contributed by atoms with van der Waals surface area (Å²) < 4.78 is 0.371. The van der Waals surface area contributed by atoms with Gasteiger partial charge in [0.2, 0.25) is 10.7 Å². The molecule has 82 valence electrons. The topological polar surface area (TPSA) is 68.9 Å². The second-order valence-corrected chi connectivity index (χ2v) is 3.70. The first-order valence-electron chi connectivity index (χ1n) is 4.44. The Labute approximate surface area is 102 Å². The normalized spacial score (nSPS) is 10.8. The van der Waals surface area contributed by atoms with Gasteiger partial charge in [0.25, 0.3) is 0 Å². The summed E-state index contributed by atoms with van der Waals surface area (Å²) in [6, 6.07) is 7.40. The van der Waals surface area contributed by atoms with Crippen LogP contribution in [-0.2, 0) is 0 Å². The van der Waals surface area contributed by atoms with Crippen molar-refractivity contribution in [2.24, 2.45) is 5.10 Å². The zero-order chi connectivity index (χ0) is 11.4. The number of nitrogens with one attached hydrogen (secondary N) is 3. The van der Waals surface area contributed by atoms with Crippen LogP contribution in [0, 0.1) is 4.77 Å². The minimum atomic E-state index is 0.371. The van der Waals surface area contributed by atoms with E-state index in [1.165, 1.54) is 0 Å². The molecule has 16 heavy (non-hydrogen) atoms. The summed E-state index contributed by atoms with van der Waals surface area (Å²) in [6.45, 7) is 0. The maximum atomic E-state index is 5.94. The number of H-pyrrole nitrogens is 2. The molecule has 1 aromatic heterocycles. The Morgan fingerprint density at radius 2 is 2.19 bits per heavy atom. The minimum absolute atomic E-state index is 0.371. The van der Waals surface area contributed by atoms with Crippen molar-refractivity contribution in [2.45, 2.75) is 0 Å². The highest BCUT2D eigenvalue weighted by Gasteiger charge is 1.94. The summed E-state index contributed by atoms with van der Waals surface area (Å²) >= 11 is 10.7. The number of rotatable bonds is 3. The second-order valence-electron chi connectivity index (χ2n) is 2.91. The Morgan fingerprint density at radius 3 is 2.88 bits per heavy atom. The molecule has 1 aromatic carbocycles. The third-order valence-electron chi connectivity index (χ3n) is 1.78. The van der Waals surface area contributed by atoms with Crippen molar-refractivity contribution >= 4 is 36.0 Å². The highest BCUT2D eigenvalue weighted by molar-refractivity contribution is 7.71. The molecule has 0 aliphatic rings. The van der Waals surface area contributed by atoms with Crippen LogP contribution >= 0.6 is 23.8 Å². The molecular formula is C9H8ClN5S. The number of aromatic nitrogens is 3. The van der Waals surface area contributed by atoms with Gasteiger partial charge in [0.05, 0.1) is 6.21 Å². The van der Waals surface area contributed by atoms with Crippen LogP contribution in [0.3, 0.4) is 0 Å². The van der Waals surface area contributed by atoms with Crippen molar-refractivity contribution in [2.75, 3.05) is 5.43 Å². The van der Waals surface area contributed by atoms with E-state index in [4.69, 9.17) is 23.8 Å². The summed E-state index contributed by atoms with van der Waals surface area (Å²) in [6.07, 6.45) is 1.61. The number of hydrazone groups is 1. The average molecular weight is 254 g/mol. The van der Waals surface area contributed by atoms with E-state index in [1.807, 2.05) is 18.2 Å². The van der Waals surface area contributed by atoms with Crippen LogP contribution in [0.25, 0.3) is 0 Å². The van der Waals surface area contributed by atoms with E-state index < -0.39 is 0 Å². The summed E-state index contributed by atoms with van der Waals surface area (Å²) in [4.78, 5) is 3.91. The number of aromatic amines is 2. The number of hydrogen-bond acceptors (Lipinski definition) is 4. The van der Waals surface area contributed by atoms with Crippen LogP contribution in [0.4, 0.5) is 5.95 Å². The fourth-order valence-corrected chi connectivity index (χ4v) is 1.39. The summed E-state index contributed by atoms with van der Waals surface area (Å²) in [5, 5.41) is 9.96. The highest BCUT2D eigenvalue weighted by Crippen LogP contribution is 2.12. The molecule has 0 atom stereocenters. The first-order chi connectivity index (χ1) is 7.75. The molecule has 0 fully saturated rings. The van der Waals surface area contributed by atoms with E-state index in [2.05, 4.69) is 25.7 Å². The Balaban J connectivity index is 2.05. The van der Waals surface area contributed by atoms with Crippen LogP contribution in [0.5, 0.6) is 0 Å². The molecule has 0 spiro atoms. The molecule has 0 amide bonds. The maximum Gasteiger partial charge on any atom is 0.238 e. The largest absolute Gasteiger partial charge is 0.272 e. The second kappa shape index (κ2) is 4.91. The van der Waals surface area contributed by atoms with Crippen molar-refractivity contribution in [3.8, 4) is 0 Å². The SMILES string of the molecule is S=c1nc(N/N=C\c2ccccc2Cl)[nH][nH]1. The van der Waals surface area contributed by atoms with Crippen LogP contribution < -0.4 is 5.43 Å². The molecule has 0 saturated carbocycles. The van der Waals surface area contributed by atoms with Gasteiger partial charge in [-0.3, -0.25) is 10.2 Å². The lowest BCUT2D eigenvalue weighted by atomic mass is 10.2. The van der Waals surface area contributed by atoms with Gasteiger partial charge in [0.15, 0.2) is 0 Å². The average Bonchev–Trinajstić information content (AvgIpc) is 2.67. The number of benzene rings is 1. The molecule has 2 aromatic rings. The first-order valence-corrected chi connectivity index (χ1v) is 5.22. The standard InChI is InChI=1S/C9H8ClN5S/c10-7-4-2-1-3-6(7)5-11-13-8-12-9(16)15-14-8/h1-5H,(H3,12,13,14,15,16)/b11-5-. The molecular weight excluding hydrogens is 246 g/mol. The molecule has 0 unspecified atom stereocenters. The van der Waals surface area contributed by atoms with Gasteiger partial charge >= 0.3 is 0 Å². The smallest absolute Gasteiger partial charge is 0.238 e. The predicted octanol–water partition coefficient (Wildman–Crippen LogP) is 2.57. The van der Waals surface area contributed by atoms with Gasteiger partial charge in [0, 0.05) is 10.6 Å². The van der Waals surface area contributed by atoms with E-state index in [0.717, 1.165) is 5.56 Å². The van der Waals surface area contributed by atoms with Crippen molar-refractivity contribution in [3.05, 3.63) is 39.6 Å². The first kappa shape index (κ1) is 10.8. The number of nitrogens with zero attached hydrogens (tertiary/aromatic N) is 2. The summed E-state index contributed by atoms with van der Waals surface area (Å²) in [7, 11) is 0. The number of anilines is 1. The Morgan fingerprint density at radius 1 is 1.38 bits per heavy atom. The van der Waals surface area contributed by atoms with E-state index >= 15 is 0 Å². The molecule has 5 nitrogen and oxygen atoms in total. The summed E-state index contributed by atoms with van der Waals surface area (Å²) in [5.41, 5.74) is 3.51. The molecule has 0 aliphatic heterocycles. The minimum Gasteiger partial charge on any atom is -0.272 e. The van der Waals surface area contributed by atoms with E-state index in [9.17, 15) is 0 Å². The fraction of sp³-hybridized carbons (Fsp3) is 0. The van der Waals surface area contributed by atoms with E-state index in [-0.39, 0.29) is 0 Å². The molecule has 0 aliphatic carbocycles. The molecule has 1 heterocycles. The Kier molecular flexibility index (Phi) is 3.33. The van der Waals surface area contributed by atoms with Gasteiger partial charge in [-0.1, -0.05) is 29.8 Å². The van der Waals surface area contributed by atoms with Crippen molar-refractivity contribution in [1.29, 1.82) is 0 Å². The van der Waals surface area contributed by atoms with Crippen LogP contribution in [-0.4, -0.2) is 21.4 Å². The zero-order valence-electron chi connectivity index (χ0n) is 8.07.